The van der Waals surface area contributed by atoms with E-state index in [1.807, 2.05) is 0 Å². The van der Waals surface area contributed by atoms with Crippen molar-refractivity contribution in [3.8, 4) is 0 Å². The summed E-state index contributed by atoms with van der Waals surface area (Å²) in [6, 6.07) is 0. The van der Waals surface area contributed by atoms with Crippen LogP contribution in [0.15, 0.2) is 0 Å². The fraction of sp³-hybridized carbons (Fsp3) is 0. The van der Waals surface area contributed by atoms with E-state index >= 15 is 0 Å². The molecule has 0 aliphatic carbocycles. The summed E-state index contributed by atoms with van der Waals surface area (Å²) in [7, 11) is -5.17. The lowest BCUT2D eigenvalue weighted by atomic mass is 13.1. The Morgan fingerprint density at radius 2 is 1.56 bits per heavy atom. The third-order valence-electron chi connectivity index (χ3n) is 0. The summed E-state index contributed by atoms with van der Waals surface area (Å²) in [6.07, 6.45) is 0. The van der Waals surface area contributed by atoms with Gasteiger partial charge in [0, 0.05) is 0 Å². The van der Waals surface area contributed by atoms with Crippen LogP contribution in [0.5, 0.6) is 0 Å². The lowest BCUT2D eigenvalue weighted by Crippen LogP contribution is -1.81. The maximum Gasteiger partial charge on any atom is 0.435 e. The van der Waals surface area contributed by atoms with Crippen LogP contribution in [0.1, 0.15) is 0 Å². The van der Waals surface area contributed by atoms with Crippen molar-refractivity contribution in [2.45, 2.75) is 0 Å². The third kappa shape index (κ3) is 194. The van der Waals surface area contributed by atoms with Crippen LogP contribution in [0.3, 0.4) is 0 Å². The molecule has 0 aromatic rings. The summed E-state index contributed by atoms with van der Waals surface area (Å²) in [5.74, 6) is 0. The topological polar surface area (TPSA) is 118 Å². The molecule has 56 valence electrons. The fourth-order valence-corrected chi connectivity index (χ4v) is 0. The van der Waals surface area contributed by atoms with Crippen molar-refractivity contribution in [2.75, 3.05) is 0 Å². The van der Waals surface area contributed by atoms with E-state index in [0.29, 0.717) is 0 Å². The Kier molecular flexibility index (Phi) is 4.82. The van der Waals surface area contributed by atoms with Gasteiger partial charge in [0.2, 0.25) is 0 Å². The molecule has 0 spiro atoms. The maximum atomic E-state index is 10.2. The molecule has 0 bridgehead atoms. The molecule has 9 heteroatoms. The molecule has 9 heavy (non-hydrogen) atoms. The van der Waals surface area contributed by atoms with Crippen LogP contribution >= 0.6 is 0 Å². The highest BCUT2D eigenvalue weighted by atomic mass is 32.3. The molecule has 0 heterocycles. The van der Waals surface area contributed by atoms with Crippen LogP contribution in [-0.2, 0) is 10.5 Å². The van der Waals surface area contributed by atoms with E-state index in [0.717, 1.165) is 0 Å². The van der Waals surface area contributed by atoms with Gasteiger partial charge in [-0.1, -0.05) is 3.89 Å². The van der Waals surface area contributed by atoms with Crippen molar-refractivity contribution in [1.29, 1.82) is 0 Å². The predicted octanol–water partition coefficient (Wildman–Crippen LogP) is -0.589. The van der Waals surface area contributed by atoms with Crippen LogP contribution in [0.2, 0.25) is 0 Å². The second-order valence-electron chi connectivity index (χ2n) is 0.650. The minimum Gasteiger partial charge on any atom is -0.328 e. The van der Waals surface area contributed by atoms with Gasteiger partial charge in [-0.05, 0) is 0 Å². The Morgan fingerprint density at radius 3 is 1.56 bits per heavy atom. The summed E-state index contributed by atoms with van der Waals surface area (Å²) < 4.78 is 34.1. The zero-order valence-corrected chi connectivity index (χ0v) is 4.58. The van der Waals surface area contributed by atoms with Crippen molar-refractivity contribution < 1.29 is 27.2 Å². The summed E-state index contributed by atoms with van der Waals surface area (Å²) in [4.78, 5) is 8.36. The monoisotopic (exact) mass is 163 g/mol. The summed E-state index contributed by atoms with van der Waals surface area (Å²) in [6.45, 7) is 0. The number of nitrogens with zero attached hydrogens (tertiary/aromatic N) is 1. The number of halogens is 1. The average Bonchev–Trinajstić information content (AvgIpc) is 1.19. The smallest absolute Gasteiger partial charge is 0.328 e. The number of rotatable bonds is 0. The van der Waals surface area contributed by atoms with Gasteiger partial charge in [0.1, 0.15) is 0 Å². The number of hydrogen-bond donors (Lipinski definition) is 2. The lowest BCUT2D eigenvalue weighted by molar-refractivity contribution is -0.742. The van der Waals surface area contributed by atoms with Gasteiger partial charge < -0.3 is 5.21 Å². The highest BCUT2D eigenvalue weighted by Gasteiger charge is 1.89. The van der Waals surface area contributed by atoms with E-state index in [9.17, 15) is 3.89 Å². The van der Waals surface area contributed by atoms with E-state index in [2.05, 4.69) is 0 Å². The molecule has 0 aliphatic heterocycles. The van der Waals surface area contributed by atoms with Crippen molar-refractivity contribution in [3.63, 3.8) is 0 Å². The molecule has 0 saturated carbocycles. The predicted molar refractivity (Wildman–Crippen MR) is 21.4 cm³/mol. The van der Waals surface area contributed by atoms with Gasteiger partial charge in [0.05, 0.1) is 0 Å². The second-order valence-corrected chi connectivity index (χ2v) is 1.47. The molecule has 0 fully saturated rings. The molecule has 0 rings (SSSR count). The SMILES string of the molecule is O=S(=O)(O)F.O=[N+]([O-])O. The molecule has 7 nitrogen and oxygen atoms in total. The van der Waals surface area contributed by atoms with Crippen LogP contribution in [0.25, 0.3) is 0 Å². The van der Waals surface area contributed by atoms with Crippen LogP contribution in [0, 0.1) is 10.1 Å². The van der Waals surface area contributed by atoms with Gasteiger partial charge >= 0.3 is 10.5 Å². The molecule has 0 radical (unpaired) electrons. The standard InChI is InChI=1S/FHO3S.HNO3/c1-5(2,3)4;2-1(3)4/h(H,2,3,4);(H,2,3,4). The Morgan fingerprint density at radius 1 is 1.56 bits per heavy atom. The van der Waals surface area contributed by atoms with E-state index in [4.69, 9.17) is 28.3 Å². The molecule has 0 amide bonds. The van der Waals surface area contributed by atoms with Crippen LogP contribution < -0.4 is 0 Å². The molecule has 2 N–H and O–H groups in total. The quantitative estimate of drug-likeness (QED) is 0.213. The molecule has 0 aliphatic rings. The first-order valence-electron chi connectivity index (χ1n) is 1.24. The van der Waals surface area contributed by atoms with E-state index in [-0.39, 0.29) is 0 Å². The largest absolute Gasteiger partial charge is 0.435 e. The molecule has 0 unspecified atom stereocenters. The molecule has 0 saturated heterocycles. The van der Waals surface area contributed by atoms with Crippen LogP contribution in [0.4, 0.5) is 3.89 Å². The van der Waals surface area contributed by atoms with Crippen molar-refractivity contribution in [1.82, 2.24) is 0 Å². The first kappa shape index (κ1) is 10.9. The Balaban J connectivity index is 0. The maximum absolute atomic E-state index is 10.2. The average molecular weight is 163 g/mol. The molecular weight excluding hydrogens is 161 g/mol. The minimum atomic E-state index is -5.17. The Bertz CT molecular complexity index is 155. The first-order valence-corrected chi connectivity index (χ1v) is 2.58. The molecule has 0 atom stereocenters. The van der Waals surface area contributed by atoms with Gasteiger partial charge in [-0.3, -0.25) is 4.55 Å². The zero-order valence-electron chi connectivity index (χ0n) is 3.76. The van der Waals surface area contributed by atoms with Crippen molar-refractivity contribution in [3.05, 3.63) is 10.1 Å². The lowest BCUT2D eigenvalue weighted by Gasteiger charge is -1.63. The zero-order chi connectivity index (χ0) is 8.08. The van der Waals surface area contributed by atoms with Crippen molar-refractivity contribution >= 4 is 10.5 Å². The summed E-state index contributed by atoms with van der Waals surface area (Å²) in [5, 5.41) is 13.6. The van der Waals surface area contributed by atoms with Crippen molar-refractivity contribution in [2.24, 2.45) is 0 Å². The van der Waals surface area contributed by atoms with E-state index in [1.165, 1.54) is 0 Å². The second kappa shape index (κ2) is 3.97. The van der Waals surface area contributed by atoms with E-state index in [1.54, 1.807) is 0 Å². The third-order valence-corrected chi connectivity index (χ3v) is 0. The van der Waals surface area contributed by atoms with Gasteiger partial charge in [-0.25, -0.2) is 0 Å². The van der Waals surface area contributed by atoms with Gasteiger partial charge in [0.15, 0.2) is 0 Å². The molecule has 0 aromatic heterocycles. The fourth-order valence-electron chi connectivity index (χ4n) is 0. The van der Waals surface area contributed by atoms with Gasteiger partial charge in [0.25, 0.3) is 5.09 Å². The Hall–Kier alpha value is -0.960. The number of hydrogen-bond acceptors (Lipinski definition) is 4. The highest BCUT2D eigenvalue weighted by Crippen LogP contribution is 1.74. The first-order chi connectivity index (χ1) is 3.73. The van der Waals surface area contributed by atoms with Gasteiger partial charge in [-0.15, -0.1) is 10.1 Å². The molecular formula is H2FNO6S. The van der Waals surface area contributed by atoms with Gasteiger partial charge in [-0.2, -0.15) is 8.42 Å². The Labute approximate surface area is 48.9 Å². The van der Waals surface area contributed by atoms with Crippen LogP contribution in [-0.4, -0.2) is 23.3 Å². The summed E-state index contributed by atoms with van der Waals surface area (Å²) >= 11 is 0. The summed E-state index contributed by atoms with van der Waals surface area (Å²) in [5.41, 5.74) is 0. The highest BCUT2D eigenvalue weighted by molar-refractivity contribution is 7.80. The normalized spacial score (nSPS) is 9.11. The minimum absolute atomic E-state index is 1.50. The molecule has 0 aromatic carbocycles. The van der Waals surface area contributed by atoms with E-state index < -0.39 is 15.6 Å².